The summed E-state index contributed by atoms with van der Waals surface area (Å²) in [6.07, 6.45) is 0.401. The fourth-order valence-corrected chi connectivity index (χ4v) is 3.08. The molecule has 0 bridgehead atoms. The lowest BCUT2D eigenvalue weighted by molar-refractivity contribution is -0.119. The van der Waals surface area contributed by atoms with Crippen LogP contribution in [0.25, 0.3) is 0 Å². The lowest BCUT2D eigenvalue weighted by Crippen LogP contribution is -2.17. The van der Waals surface area contributed by atoms with Gasteiger partial charge in [-0.2, -0.15) is 0 Å². The molecular weight excluding hydrogens is 330 g/mol. The number of methoxy groups -OCH3 is 1. The number of carbonyl (C=O) groups excluding carboxylic acids is 1. The van der Waals surface area contributed by atoms with E-state index in [0.29, 0.717) is 13.0 Å². The van der Waals surface area contributed by atoms with E-state index in [1.807, 2.05) is 42.5 Å². The largest absolute Gasteiger partial charge is 0.497 e. The number of ether oxygens (including phenoxy) is 1. The van der Waals surface area contributed by atoms with Gasteiger partial charge < -0.3 is 10.1 Å². The van der Waals surface area contributed by atoms with Crippen molar-refractivity contribution in [1.82, 2.24) is 0 Å². The monoisotopic (exact) mass is 345 g/mol. The van der Waals surface area contributed by atoms with Crippen molar-refractivity contribution in [3.05, 3.63) is 58.1 Å². The van der Waals surface area contributed by atoms with Gasteiger partial charge in [0.1, 0.15) is 11.5 Å². The molecule has 21 heavy (non-hydrogen) atoms. The number of hydrogen-bond acceptors (Lipinski definition) is 3. The van der Waals surface area contributed by atoms with Crippen molar-refractivity contribution >= 4 is 27.4 Å². The molecule has 0 amide bonds. The van der Waals surface area contributed by atoms with E-state index in [1.54, 1.807) is 7.11 Å². The molecule has 1 N–H and O–H groups in total. The summed E-state index contributed by atoms with van der Waals surface area (Å²) < 4.78 is 6.17. The van der Waals surface area contributed by atoms with Gasteiger partial charge in [0.05, 0.1) is 13.0 Å². The smallest absolute Gasteiger partial charge is 0.146 e. The van der Waals surface area contributed by atoms with Crippen LogP contribution in [0.1, 0.15) is 17.0 Å². The van der Waals surface area contributed by atoms with E-state index in [9.17, 15) is 4.79 Å². The van der Waals surface area contributed by atoms with Gasteiger partial charge in [0, 0.05) is 23.1 Å². The molecule has 0 saturated heterocycles. The van der Waals surface area contributed by atoms with Gasteiger partial charge >= 0.3 is 0 Å². The average molecular weight is 346 g/mol. The summed E-state index contributed by atoms with van der Waals surface area (Å²) in [5.41, 5.74) is 3.13. The maximum absolute atomic E-state index is 12.6. The number of fused-ring (bicyclic) bond motifs is 1. The van der Waals surface area contributed by atoms with Gasteiger partial charge in [-0.05, 0) is 35.4 Å². The van der Waals surface area contributed by atoms with Crippen molar-refractivity contribution in [2.24, 2.45) is 0 Å². The Bertz CT molecular complexity index is 684. The topological polar surface area (TPSA) is 38.3 Å². The van der Waals surface area contributed by atoms with E-state index >= 15 is 0 Å². The van der Waals surface area contributed by atoms with Gasteiger partial charge in [0.2, 0.25) is 0 Å². The van der Waals surface area contributed by atoms with Gasteiger partial charge in [0.25, 0.3) is 0 Å². The van der Waals surface area contributed by atoms with E-state index in [2.05, 4.69) is 21.2 Å². The number of carbonyl (C=O) groups is 1. The second-order valence-electron chi connectivity index (χ2n) is 5.12. The Balaban J connectivity index is 1.82. The highest BCUT2D eigenvalue weighted by atomic mass is 79.9. The Morgan fingerprint density at radius 1 is 1.33 bits per heavy atom. The van der Waals surface area contributed by atoms with Crippen LogP contribution in [0.2, 0.25) is 0 Å². The Labute approximate surface area is 132 Å². The predicted molar refractivity (Wildman–Crippen MR) is 87.1 cm³/mol. The van der Waals surface area contributed by atoms with E-state index in [0.717, 1.165) is 27.0 Å². The second-order valence-corrected chi connectivity index (χ2v) is 5.98. The first-order valence-corrected chi connectivity index (χ1v) is 7.66. The van der Waals surface area contributed by atoms with Gasteiger partial charge in [-0.25, -0.2) is 0 Å². The van der Waals surface area contributed by atoms with Crippen LogP contribution in [0.5, 0.6) is 5.75 Å². The van der Waals surface area contributed by atoms with E-state index in [1.165, 1.54) is 0 Å². The average Bonchev–Trinajstić information content (AvgIpc) is 2.93. The SMILES string of the molecule is COc1ccc(Br)c(CC(=O)C2CNc3ccccc32)c1. The third-order valence-corrected chi connectivity index (χ3v) is 4.61. The molecule has 2 aromatic carbocycles. The summed E-state index contributed by atoms with van der Waals surface area (Å²) in [6, 6.07) is 13.7. The standard InChI is InChI=1S/C17H16BrNO2/c1-21-12-6-7-15(18)11(8-12)9-17(20)14-10-19-16-5-3-2-4-13(14)16/h2-8,14,19H,9-10H2,1H3. The normalized spacial score (nSPS) is 16.2. The lowest BCUT2D eigenvalue weighted by atomic mass is 9.93. The fourth-order valence-electron chi connectivity index (χ4n) is 2.70. The Hall–Kier alpha value is -1.81. The first-order chi connectivity index (χ1) is 10.2. The highest BCUT2D eigenvalue weighted by Crippen LogP contribution is 2.33. The zero-order valence-electron chi connectivity index (χ0n) is 11.7. The van der Waals surface area contributed by atoms with Gasteiger partial charge in [0.15, 0.2) is 0 Å². The van der Waals surface area contributed by atoms with Crippen molar-refractivity contribution in [3.63, 3.8) is 0 Å². The van der Waals surface area contributed by atoms with Crippen LogP contribution in [0, 0.1) is 0 Å². The minimum absolute atomic E-state index is 0.0701. The number of para-hydroxylation sites is 1. The van der Waals surface area contributed by atoms with E-state index in [-0.39, 0.29) is 11.7 Å². The van der Waals surface area contributed by atoms with Crippen LogP contribution in [0.4, 0.5) is 5.69 Å². The van der Waals surface area contributed by atoms with Crippen molar-refractivity contribution in [2.45, 2.75) is 12.3 Å². The third kappa shape index (κ3) is 2.81. The summed E-state index contributed by atoms with van der Waals surface area (Å²) in [4.78, 5) is 12.6. The van der Waals surface area contributed by atoms with E-state index in [4.69, 9.17) is 4.74 Å². The highest BCUT2D eigenvalue weighted by molar-refractivity contribution is 9.10. The first kappa shape index (κ1) is 14.1. The lowest BCUT2D eigenvalue weighted by Gasteiger charge is -2.11. The Morgan fingerprint density at radius 2 is 2.14 bits per heavy atom. The molecule has 1 atom stereocenters. The molecule has 3 nitrogen and oxygen atoms in total. The van der Waals surface area contributed by atoms with Crippen LogP contribution in [0.15, 0.2) is 46.9 Å². The van der Waals surface area contributed by atoms with Crippen LogP contribution < -0.4 is 10.1 Å². The van der Waals surface area contributed by atoms with E-state index < -0.39 is 0 Å². The fraction of sp³-hybridized carbons (Fsp3) is 0.235. The maximum Gasteiger partial charge on any atom is 0.146 e. The van der Waals surface area contributed by atoms with Crippen molar-refractivity contribution in [2.75, 3.05) is 19.0 Å². The van der Waals surface area contributed by atoms with Crippen LogP contribution in [-0.2, 0) is 11.2 Å². The molecule has 1 unspecified atom stereocenters. The Kier molecular flexibility index (Phi) is 3.97. The summed E-state index contributed by atoms with van der Waals surface area (Å²) in [5, 5.41) is 3.30. The third-order valence-electron chi connectivity index (χ3n) is 3.84. The molecule has 1 aliphatic heterocycles. The number of rotatable bonds is 4. The number of benzene rings is 2. The number of halogens is 1. The molecule has 0 fully saturated rings. The molecule has 4 heteroatoms. The molecule has 2 aromatic rings. The predicted octanol–water partition coefficient (Wildman–Crippen LogP) is 3.78. The summed E-state index contributed by atoms with van der Waals surface area (Å²) in [6.45, 7) is 0.680. The molecular formula is C17H16BrNO2. The number of nitrogens with one attached hydrogen (secondary N) is 1. The molecule has 108 valence electrons. The molecule has 0 aliphatic carbocycles. The molecule has 0 radical (unpaired) electrons. The maximum atomic E-state index is 12.6. The molecule has 0 spiro atoms. The number of anilines is 1. The number of ketones is 1. The second kappa shape index (κ2) is 5.90. The molecule has 1 heterocycles. The van der Waals surface area contributed by atoms with Crippen molar-refractivity contribution < 1.29 is 9.53 Å². The number of Topliss-reactive ketones (excluding diaryl/α,β-unsaturated/α-hetero) is 1. The highest BCUT2D eigenvalue weighted by Gasteiger charge is 2.28. The van der Waals surface area contributed by atoms with Gasteiger partial charge in [-0.1, -0.05) is 34.1 Å². The number of hydrogen-bond donors (Lipinski definition) is 1. The quantitative estimate of drug-likeness (QED) is 0.916. The van der Waals surface area contributed by atoms with Gasteiger partial charge in [-0.15, -0.1) is 0 Å². The zero-order valence-corrected chi connectivity index (χ0v) is 13.3. The minimum Gasteiger partial charge on any atom is -0.497 e. The molecule has 1 aliphatic rings. The van der Waals surface area contributed by atoms with Gasteiger partial charge in [-0.3, -0.25) is 4.79 Å². The summed E-state index contributed by atoms with van der Waals surface area (Å²) in [7, 11) is 1.63. The molecule has 0 aromatic heterocycles. The minimum atomic E-state index is -0.0701. The van der Waals surface area contributed by atoms with Crippen molar-refractivity contribution in [1.29, 1.82) is 0 Å². The molecule has 0 saturated carbocycles. The molecule has 3 rings (SSSR count). The van der Waals surface area contributed by atoms with Crippen LogP contribution in [0.3, 0.4) is 0 Å². The Morgan fingerprint density at radius 3 is 2.95 bits per heavy atom. The first-order valence-electron chi connectivity index (χ1n) is 6.87. The van der Waals surface area contributed by atoms with Crippen LogP contribution in [-0.4, -0.2) is 19.4 Å². The zero-order chi connectivity index (χ0) is 14.8. The summed E-state index contributed by atoms with van der Waals surface area (Å²) >= 11 is 3.51. The van der Waals surface area contributed by atoms with Crippen LogP contribution >= 0.6 is 15.9 Å². The van der Waals surface area contributed by atoms with Crippen molar-refractivity contribution in [3.8, 4) is 5.75 Å². The summed E-state index contributed by atoms with van der Waals surface area (Å²) in [5.74, 6) is 0.923.